The van der Waals surface area contributed by atoms with Gasteiger partial charge in [0.1, 0.15) is 5.60 Å². The van der Waals surface area contributed by atoms with Gasteiger partial charge in [0.05, 0.1) is 25.7 Å². The number of rotatable bonds is 5. The molecular weight excluding hydrogens is 372 g/mol. The third kappa shape index (κ3) is 3.89. The molecule has 2 heterocycles. The molecule has 1 amide bonds. The molecule has 0 radical (unpaired) electrons. The van der Waals surface area contributed by atoms with Crippen molar-refractivity contribution < 1.29 is 26.9 Å². The minimum Gasteiger partial charge on any atom is -0.481 e. The van der Waals surface area contributed by atoms with Crippen molar-refractivity contribution in [1.82, 2.24) is 9.88 Å². The average Bonchev–Trinajstić information content (AvgIpc) is 3.07. The molecule has 2 unspecified atom stereocenters. The number of nitrogens with zero attached hydrogens (tertiary/aromatic N) is 2. The van der Waals surface area contributed by atoms with Gasteiger partial charge in [-0.3, -0.25) is 4.18 Å². The first-order valence-electron chi connectivity index (χ1n) is 8.74. The molecule has 0 aromatic carbocycles. The largest absolute Gasteiger partial charge is 0.481 e. The van der Waals surface area contributed by atoms with E-state index < -0.39 is 32.6 Å². The summed E-state index contributed by atoms with van der Waals surface area (Å²) in [6, 6.07) is 5.47. The van der Waals surface area contributed by atoms with Crippen LogP contribution in [0.15, 0.2) is 18.2 Å². The van der Waals surface area contributed by atoms with Crippen LogP contribution in [0.25, 0.3) is 0 Å². The lowest BCUT2D eigenvalue weighted by Crippen LogP contribution is -2.38. The summed E-state index contributed by atoms with van der Waals surface area (Å²) in [6.07, 6.45) is 1.29. The van der Waals surface area contributed by atoms with Crippen molar-refractivity contribution in [2.45, 2.75) is 38.2 Å². The quantitative estimate of drug-likeness (QED) is 0.700. The van der Waals surface area contributed by atoms with Crippen LogP contribution < -0.4 is 4.74 Å². The van der Waals surface area contributed by atoms with E-state index >= 15 is 0 Å². The molecule has 2 fully saturated rings. The number of methoxy groups -OCH3 is 1. The van der Waals surface area contributed by atoms with Crippen LogP contribution in [0.3, 0.4) is 0 Å². The fourth-order valence-corrected chi connectivity index (χ4v) is 4.30. The first kappa shape index (κ1) is 19.9. The molecule has 2 aliphatic rings. The van der Waals surface area contributed by atoms with Crippen LogP contribution in [0.2, 0.25) is 0 Å². The molecule has 150 valence electrons. The maximum atomic E-state index is 12.6. The van der Waals surface area contributed by atoms with Crippen LogP contribution in [0.5, 0.6) is 5.88 Å². The summed E-state index contributed by atoms with van der Waals surface area (Å²) in [6.45, 7) is 6.19. The number of hydrogen-bond donors (Lipinski definition) is 0. The van der Waals surface area contributed by atoms with Crippen LogP contribution in [-0.4, -0.2) is 63.1 Å². The van der Waals surface area contributed by atoms with Crippen molar-refractivity contribution in [1.29, 1.82) is 0 Å². The van der Waals surface area contributed by atoms with E-state index in [1.165, 1.54) is 0 Å². The van der Waals surface area contributed by atoms with Crippen molar-refractivity contribution in [3.63, 3.8) is 0 Å². The Balaban J connectivity index is 1.89. The number of aromatic nitrogens is 1. The summed E-state index contributed by atoms with van der Waals surface area (Å²) in [5, 5.41) is 0. The molecule has 2 atom stereocenters. The normalized spacial score (nSPS) is 27.2. The number of carbonyl (C=O) groups excluding carboxylic acids is 1. The second-order valence-corrected chi connectivity index (χ2v) is 10.1. The molecule has 1 saturated heterocycles. The molecule has 0 spiro atoms. The molecule has 1 aromatic heterocycles. The standard InChI is InChI=1S/C18H26N2O6S/c1-16(2,3)26-15(21)20-10-17(12-25-27(5,22)23)9-18(17,11-20)13-7-6-8-14(19-13)24-4/h6-8H,9-12H2,1-5H3. The van der Waals surface area contributed by atoms with Crippen LogP contribution in [-0.2, 0) is 24.5 Å². The number of likely N-dealkylation sites (tertiary alicyclic amines) is 1. The van der Waals surface area contributed by atoms with Gasteiger partial charge in [-0.15, -0.1) is 0 Å². The number of fused-ring (bicyclic) bond motifs is 1. The second-order valence-electron chi connectivity index (χ2n) is 8.41. The molecule has 1 saturated carbocycles. The molecule has 1 aliphatic heterocycles. The maximum Gasteiger partial charge on any atom is 0.410 e. The van der Waals surface area contributed by atoms with Crippen molar-refractivity contribution in [2.75, 3.05) is 33.1 Å². The van der Waals surface area contributed by atoms with Gasteiger partial charge in [-0.05, 0) is 33.3 Å². The molecule has 9 heteroatoms. The van der Waals surface area contributed by atoms with E-state index in [1.54, 1.807) is 18.1 Å². The van der Waals surface area contributed by atoms with E-state index in [0.717, 1.165) is 11.9 Å². The van der Waals surface area contributed by atoms with Crippen molar-refractivity contribution in [3.8, 4) is 5.88 Å². The predicted molar refractivity (Wildman–Crippen MR) is 98.1 cm³/mol. The van der Waals surface area contributed by atoms with E-state index in [4.69, 9.17) is 13.7 Å². The van der Waals surface area contributed by atoms with Crippen LogP contribution >= 0.6 is 0 Å². The van der Waals surface area contributed by atoms with Crippen molar-refractivity contribution in [3.05, 3.63) is 23.9 Å². The Kier molecular flexibility index (Phi) is 4.67. The number of amides is 1. The number of pyridine rings is 1. The summed E-state index contributed by atoms with van der Waals surface area (Å²) in [7, 11) is -2.05. The third-order valence-corrected chi connectivity index (χ3v) is 5.65. The molecular formula is C18H26N2O6S. The second kappa shape index (κ2) is 6.34. The van der Waals surface area contributed by atoms with Gasteiger partial charge in [-0.2, -0.15) is 8.42 Å². The number of piperidine rings is 1. The zero-order valence-corrected chi connectivity index (χ0v) is 17.1. The Bertz CT molecular complexity index is 850. The first-order valence-corrected chi connectivity index (χ1v) is 10.6. The van der Waals surface area contributed by atoms with E-state index in [0.29, 0.717) is 25.4 Å². The fourth-order valence-electron chi connectivity index (χ4n) is 3.86. The fraction of sp³-hybridized carbons (Fsp3) is 0.667. The monoisotopic (exact) mass is 398 g/mol. The topological polar surface area (TPSA) is 95.0 Å². The summed E-state index contributed by atoms with van der Waals surface area (Å²) >= 11 is 0. The summed E-state index contributed by atoms with van der Waals surface area (Å²) in [4.78, 5) is 18.7. The minimum atomic E-state index is -3.59. The van der Waals surface area contributed by atoms with Gasteiger partial charge in [-0.25, -0.2) is 9.78 Å². The van der Waals surface area contributed by atoms with E-state index in [1.807, 2.05) is 32.9 Å². The van der Waals surface area contributed by atoms with Gasteiger partial charge in [0.25, 0.3) is 10.1 Å². The highest BCUT2D eigenvalue weighted by atomic mass is 32.2. The van der Waals surface area contributed by atoms with Crippen molar-refractivity contribution >= 4 is 16.2 Å². The van der Waals surface area contributed by atoms with Gasteiger partial charge in [0.15, 0.2) is 0 Å². The molecule has 0 bridgehead atoms. The van der Waals surface area contributed by atoms with Crippen LogP contribution in [0, 0.1) is 5.41 Å². The number of ether oxygens (including phenoxy) is 2. The highest BCUT2D eigenvalue weighted by Crippen LogP contribution is 2.68. The average molecular weight is 398 g/mol. The summed E-state index contributed by atoms with van der Waals surface area (Å²) < 4.78 is 38.9. The van der Waals surface area contributed by atoms with E-state index in [9.17, 15) is 13.2 Å². The van der Waals surface area contributed by atoms with Gasteiger partial charge < -0.3 is 14.4 Å². The Labute approximate surface area is 159 Å². The molecule has 1 aliphatic carbocycles. The summed E-state index contributed by atoms with van der Waals surface area (Å²) in [5.41, 5.74) is -0.818. The number of carbonyl (C=O) groups is 1. The minimum absolute atomic E-state index is 0.00399. The highest BCUT2D eigenvalue weighted by Gasteiger charge is 2.75. The lowest BCUT2D eigenvalue weighted by atomic mass is 9.93. The van der Waals surface area contributed by atoms with Gasteiger partial charge in [-0.1, -0.05) is 6.07 Å². The zero-order chi connectivity index (χ0) is 20.1. The van der Waals surface area contributed by atoms with E-state index in [-0.39, 0.29) is 6.61 Å². The number of hydrogen-bond acceptors (Lipinski definition) is 7. The lowest BCUT2D eigenvalue weighted by molar-refractivity contribution is 0.0253. The Morgan fingerprint density at radius 3 is 2.59 bits per heavy atom. The van der Waals surface area contributed by atoms with Crippen molar-refractivity contribution in [2.24, 2.45) is 5.41 Å². The maximum absolute atomic E-state index is 12.6. The zero-order valence-electron chi connectivity index (χ0n) is 16.3. The summed E-state index contributed by atoms with van der Waals surface area (Å²) in [5.74, 6) is 0.474. The SMILES string of the molecule is COc1cccc(C23CN(C(=O)OC(C)(C)C)CC2(COS(C)(=O)=O)C3)n1. The molecule has 27 heavy (non-hydrogen) atoms. The molecule has 3 rings (SSSR count). The van der Waals surface area contributed by atoms with Gasteiger partial charge >= 0.3 is 6.09 Å². The first-order chi connectivity index (χ1) is 12.4. The smallest absolute Gasteiger partial charge is 0.410 e. The molecule has 0 N–H and O–H groups in total. The molecule has 8 nitrogen and oxygen atoms in total. The predicted octanol–water partition coefficient (Wildman–Crippen LogP) is 1.95. The Morgan fingerprint density at radius 2 is 2.00 bits per heavy atom. The molecule has 1 aromatic rings. The Morgan fingerprint density at radius 1 is 1.30 bits per heavy atom. The lowest BCUT2D eigenvalue weighted by Gasteiger charge is -2.26. The Hall–Kier alpha value is -1.87. The van der Waals surface area contributed by atoms with Gasteiger partial charge in [0, 0.05) is 30.0 Å². The van der Waals surface area contributed by atoms with Gasteiger partial charge in [0.2, 0.25) is 5.88 Å². The highest BCUT2D eigenvalue weighted by molar-refractivity contribution is 7.85. The van der Waals surface area contributed by atoms with E-state index in [2.05, 4.69) is 4.98 Å². The van der Waals surface area contributed by atoms with Crippen LogP contribution in [0.1, 0.15) is 32.9 Å². The third-order valence-electron chi connectivity index (χ3n) is 5.11. The van der Waals surface area contributed by atoms with Crippen LogP contribution in [0.4, 0.5) is 4.79 Å².